The van der Waals surface area contributed by atoms with E-state index in [1.165, 1.54) is 0 Å². The minimum atomic E-state index is -4.44. The SMILES string of the molecule is O=S(=O)(C(F)F)N1CCOC(CBr)C1. The molecule has 1 atom stereocenters. The molecule has 84 valence electrons. The molecule has 4 nitrogen and oxygen atoms in total. The molecule has 14 heavy (non-hydrogen) atoms. The van der Waals surface area contributed by atoms with E-state index in [4.69, 9.17) is 4.74 Å². The van der Waals surface area contributed by atoms with Crippen LogP contribution < -0.4 is 0 Å². The number of sulfonamides is 1. The van der Waals surface area contributed by atoms with Crippen LogP contribution in [0, 0.1) is 0 Å². The molecule has 1 heterocycles. The van der Waals surface area contributed by atoms with Crippen LogP contribution in [0.5, 0.6) is 0 Å². The van der Waals surface area contributed by atoms with E-state index < -0.39 is 15.8 Å². The van der Waals surface area contributed by atoms with E-state index in [9.17, 15) is 17.2 Å². The molecule has 0 saturated carbocycles. The summed E-state index contributed by atoms with van der Waals surface area (Å²) in [5, 5.41) is 0.433. The number of rotatable bonds is 3. The minimum Gasteiger partial charge on any atom is -0.375 e. The maximum Gasteiger partial charge on any atom is 0.350 e. The molecule has 0 radical (unpaired) electrons. The Morgan fingerprint density at radius 3 is 2.71 bits per heavy atom. The van der Waals surface area contributed by atoms with Gasteiger partial charge < -0.3 is 4.74 Å². The largest absolute Gasteiger partial charge is 0.375 e. The van der Waals surface area contributed by atoms with Gasteiger partial charge in [0.05, 0.1) is 12.7 Å². The quantitative estimate of drug-likeness (QED) is 0.717. The molecule has 0 aliphatic carbocycles. The van der Waals surface area contributed by atoms with Crippen LogP contribution in [0.4, 0.5) is 8.78 Å². The van der Waals surface area contributed by atoms with E-state index in [1.807, 2.05) is 0 Å². The van der Waals surface area contributed by atoms with Crippen molar-refractivity contribution in [1.82, 2.24) is 4.31 Å². The van der Waals surface area contributed by atoms with Crippen LogP contribution in [0.25, 0.3) is 0 Å². The lowest BCUT2D eigenvalue weighted by Gasteiger charge is -2.30. The zero-order chi connectivity index (χ0) is 10.8. The van der Waals surface area contributed by atoms with Gasteiger partial charge in [-0.05, 0) is 0 Å². The molecule has 1 saturated heterocycles. The number of alkyl halides is 3. The Labute approximate surface area is 89.4 Å². The van der Waals surface area contributed by atoms with E-state index in [2.05, 4.69) is 15.9 Å². The summed E-state index contributed by atoms with van der Waals surface area (Å²) in [7, 11) is -4.44. The van der Waals surface area contributed by atoms with Gasteiger partial charge in [0.2, 0.25) is 0 Å². The molecular weight excluding hydrogens is 284 g/mol. The van der Waals surface area contributed by atoms with Crippen molar-refractivity contribution in [2.24, 2.45) is 0 Å². The maximum absolute atomic E-state index is 12.1. The topological polar surface area (TPSA) is 46.6 Å². The molecule has 0 aromatic heterocycles. The van der Waals surface area contributed by atoms with Crippen LogP contribution in [0.3, 0.4) is 0 Å². The second-order valence-corrected chi connectivity index (χ2v) is 5.36. The van der Waals surface area contributed by atoms with Gasteiger partial charge in [-0.15, -0.1) is 0 Å². The highest BCUT2D eigenvalue weighted by Crippen LogP contribution is 2.16. The molecule has 0 aromatic carbocycles. The van der Waals surface area contributed by atoms with E-state index in [0.717, 1.165) is 4.31 Å². The lowest BCUT2D eigenvalue weighted by molar-refractivity contribution is 0.0115. The summed E-state index contributed by atoms with van der Waals surface area (Å²) < 4.78 is 52.3. The molecule has 0 aromatic rings. The Balaban J connectivity index is 2.69. The summed E-state index contributed by atoms with van der Waals surface area (Å²) >= 11 is 3.11. The highest BCUT2D eigenvalue weighted by molar-refractivity contribution is 9.09. The van der Waals surface area contributed by atoms with Crippen LogP contribution in [0.2, 0.25) is 0 Å². The molecule has 8 heteroatoms. The molecule has 0 spiro atoms. The third-order valence-corrected chi connectivity index (χ3v) is 4.08. The molecule has 0 N–H and O–H groups in total. The Kier molecular flexibility index (Phi) is 4.23. The van der Waals surface area contributed by atoms with Gasteiger partial charge >= 0.3 is 5.76 Å². The van der Waals surface area contributed by atoms with Crippen molar-refractivity contribution in [3.63, 3.8) is 0 Å². The fourth-order valence-corrected chi connectivity index (χ4v) is 2.45. The van der Waals surface area contributed by atoms with E-state index in [0.29, 0.717) is 5.33 Å². The lowest BCUT2D eigenvalue weighted by Crippen LogP contribution is -2.47. The van der Waals surface area contributed by atoms with Gasteiger partial charge in [0.15, 0.2) is 0 Å². The number of hydrogen-bond donors (Lipinski definition) is 0. The Bertz CT molecular complexity index is 285. The average molecular weight is 294 g/mol. The smallest absolute Gasteiger partial charge is 0.350 e. The van der Waals surface area contributed by atoms with Crippen molar-refractivity contribution >= 4 is 26.0 Å². The molecule has 1 fully saturated rings. The summed E-state index contributed by atoms with van der Waals surface area (Å²) in [4.78, 5) is 0. The second kappa shape index (κ2) is 4.82. The predicted octanol–water partition coefficient (Wildman–Crippen LogP) is 0.634. The zero-order valence-corrected chi connectivity index (χ0v) is 9.60. The van der Waals surface area contributed by atoms with Crippen LogP contribution in [-0.2, 0) is 14.8 Å². The molecule has 1 aliphatic heterocycles. The highest BCUT2D eigenvalue weighted by atomic mass is 79.9. The average Bonchev–Trinajstić information content (AvgIpc) is 2.17. The molecule has 0 amide bonds. The first-order valence-corrected chi connectivity index (χ1v) is 6.55. The Hall–Kier alpha value is 0.210. The van der Waals surface area contributed by atoms with Gasteiger partial charge in [0, 0.05) is 18.4 Å². The summed E-state index contributed by atoms with van der Waals surface area (Å²) in [5.74, 6) is -3.35. The third kappa shape index (κ3) is 2.62. The molecule has 1 aliphatic rings. The number of nitrogens with zero attached hydrogens (tertiary/aromatic N) is 1. The first kappa shape index (κ1) is 12.3. The van der Waals surface area contributed by atoms with Gasteiger partial charge in [-0.25, -0.2) is 8.42 Å². The minimum absolute atomic E-state index is 0.00380. The van der Waals surface area contributed by atoms with Crippen molar-refractivity contribution in [3.8, 4) is 0 Å². The number of morpholine rings is 1. The Morgan fingerprint density at radius 2 is 2.21 bits per heavy atom. The van der Waals surface area contributed by atoms with Gasteiger partial charge in [-0.1, -0.05) is 15.9 Å². The molecule has 1 rings (SSSR count). The molecular formula is C6H10BrF2NO3S. The Morgan fingerprint density at radius 1 is 1.57 bits per heavy atom. The van der Waals surface area contributed by atoms with Gasteiger partial charge in [0.25, 0.3) is 10.0 Å². The van der Waals surface area contributed by atoms with E-state index in [-0.39, 0.29) is 25.8 Å². The number of hydrogen-bond acceptors (Lipinski definition) is 3. The first-order valence-electron chi connectivity index (χ1n) is 3.93. The maximum atomic E-state index is 12.1. The van der Waals surface area contributed by atoms with Crippen molar-refractivity contribution in [1.29, 1.82) is 0 Å². The second-order valence-electron chi connectivity index (χ2n) is 2.81. The van der Waals surface area contributed by atoms with Crippen molar-refractivity contribution < 1.29 is 21.9 Å². The van der Waals surface area contributed by atoms with Gasteiger partial charge in [0.1, 0.15) is 0 Å². The first-order chi connectivity index (χ1) is 6.48. The summed E-state index contributed by atoms with van der Waals surface area (Å²) in [5.41, 5.74) is 0. The van der Waals surface area contributed by atoms with E-state index >= 15 is 0 Å². The molecule has 1 unspecified atom stereocenters. The van der Waals surface area contributed by atoms with Crippen molar-refractivity contribution in [2.75, 3.05) is 25.0 Å². The normalized spacial score (nSPS) is 25.6. The number of halogens is 3. The molecule has 0 bridgehead atoms. The van der Waals surface area contributed by atoms with Crippen LogP contribution in [0.1, 0.15) is 0 Å². The van der Waals surface area contributed by atoms with Gasteiger partial charge in [-0.3, -0.25) is 0 Å². The van der Waals surface area contributed by atoms with E-state index in [1.54, 1.807) is 0 Å². The lowest BCUT2D eigenvalue weighted by atomic mass is 10.3. The third-order valence-electron chi connectivity index (χ3n) is 1.86. The van der Waals surface area contributed by atoms with Crippen LogP contribution >= 0.6 is 15.9 Å². The monoisotopic (exact) mass is 293 g/mol. The highest BCUT2D eigenvalue weighted by Gasteiger charge is 2.35. The van der Waals surface area contributed by atoms with Crippen LogP contribution in [0.15, 0.2) is 0 Å². The number of ether oxygens (including phenoxy) is 1. The summed E-state index contributed by atoms with van der Waals surface area (Å²) in [6.45, 7) is 0.135. The summed E-state index contributed by atoms with van der Waals surface area (Å²) in [6, 6.07) is 0. The van der Waals surface area contributed by atoms with Gasteiger partial charge in [-0.2, -0.15) is 13.1 Å². The predicted molar refractivity (Wildman–Crippen MR) is 50.0 cm³/mol. The zero-order valence-electron chi connectivity index (χ0n) is 7.20. The fraction of sp³-hybridized carbons (Fsp3) is 1.00. The van der Waals surface area contributed by atoms with Crippen molar-refractivity contribution in [2.45, 2.75) is 11.9 Å². The fourth-order valence-electron chi connectivity index (χ4n) is 1.13. The van der Waals surface area contributed by atoms with Crippen LogP contribution in [-0.4, -0.2) is 49.6 Å². The standard InChI is InChI=1S/C6H10BrF2NO3S/c7-3-5-4-10(1-2-13-5)14(11,12)6(8)9/h5-6H,1-4H2. The van der Waals surface area contributed by atoms with Crippen molar-refractivity contribution in [3.05, 3.63) is 0 Å². The summed E-state index contributed by atoms with van der Waals surface area (Å²) in [6.07, 6.45) is -0.350.